The van der Waals surface area contributed by atoms with Crippen LogP contribution in [0.25, 0.3) is 0 Å². The van der Waals surface area contributed by atoms with Gasteiger partial charge in [-0.25, -0.2) is 4.98 Å². The topological polar surface area (TPSA) is 84.4 Å². The van der Waals surface area contributed by atoms with Gasteiger partial charge in [0.05, 0.1) is 17.8 Å². The number of nitrogens with zero attached hydrogens (tertiary/aromatic N) is 2. The van der Waals surface area contributed by atoms with Gasteiger partial charge in [-0.05, 0) is 32.0 Å². The monoisotopic (exact) mass is 288 g/mol. The average Bonchev–Trinajstić information content (AvgIpc) is 2.75. The van der Waals surface area contributed by atoms with E-state index in [-0.39, 0.29) is 5.91 Å². The minimum atomic E-state index is -0.0859. The van der Waals surface area contributed by atoms with Crippen LogP contribution in [-0.4, -0.2) is 29.9 Å². The van der Waals surface area contributed by atoms with E-state index in [2.05, 4.69) is 10.3 Å². The van der Waals surface area contributed by atoms with E-state index >= 15 is 0 Å². The first-order chi connectivity index (χ1) is 9.88. The van der Waals surface area contributed by atoms with Crippen molar-refractivity contribution in [1.29, 1.82) is 0 Å². The number of oxazole rings is 1. The third-order valence-corrected chi connectivity index (χ3v) is 3.18. The Kier molecular flexibility index (Phi) is 4.16. The smallest absolute Gasteiger partial charge is 0.255 e. The summed E-state index contributed by atoms with van der Waals surface area (Å²) in [4.78, 5) is 18.0. The molecule has 1 aromatic carbocycles. The third-order valence-electron chi connectivity index (χ3n) is 3.18. The van der Waals surface area contributed by atoms with E-state index in [4.69, 9.17) is 10.2 Å². The van der Waals surface area contributed by atoms with E-state index in [9.17, 15) is 4.79 Å². The Labute approximate surface area is 124 Å². The number of amides is 1. The molecule has 0 spiro atoms. The molecule has 0 aliphatic heterocycles. The molecule has 1 amide bonds. The molecule has 0 aliphatic rings. The molecule has 112 valence electrons. The molecule has 0 saturated carbocycles. The zero-order valence-corrected chi connectivity index (χ0v) is 12.7. The molecule has 1 aromatic heterocycles. The van der Waals surface area contributed by atoms with Gasteiger partial charge in [-0.3, -0.25) is 4.79 Å². The molecule has 2 aromatic rings. The molecular weight excluding hydrogens is 268 g/mol. The number of aromatic nitrogens is 1. The maximum absolute atomic E-state index is 12.2. The summed E-state index contributed by atoms with van der Waals surface area (Å²) < 4.78 is 5.51. The van der Waals surface area contributed by atoms with Gasteiger partial charge in [0.2, 0.25) is 5.89 Å². The highest BCUT2D eigenvalue weighted by Crippen LogP contribution is 2.21. The lowest BCUT2D eigenvalue weighted by Gasteiger charge is -2.15. The molecule has 0 saturated heterocycles. The van der Waals surface area contributed by atoms with Gasteiger partial charge in [0.25, 0.3) is 5.91 Å². The first-order valence-corrected chi connectivity index (χ1v) is 6.66. The Hall–Kier alpha value is -2.50. The fourth-order valence-electron chi connectivity index (χ4n) is 1.92. The van der Waals surface area contributed by atoms with Crippen LogP contribution in [0.15, 0.2) is 22.6 Å². The highest BCUT2D eigenvalue weighted by Gasteiger charge is 2.14. The number of nitrogens with one attached hydrogen (secondary N) is 1. The van der Waals surface area contributed by atoms with Gasteiger partial charge in [-0.2, -0.15) is 0 Å². The second-order valence-electron chi connectivity index (χ2n) is 5.11. The number of carbonyl (C=O) groups excluding carboxylic acids is 1. The number of aryl methyl sites for hydroxylation is 2. The van der Waals surface area contributed by atoms with Gasteiger partial charge < -0.3 is 20.4 Å². The number of hydrogen-bond acceptors (Lipinski definition) is 5. The van der Waals surface area contributed by atoms with Gasteiger partial charge in [-0.15, -0.1) is 0 Å². The van der Waals surface area contributed by atoms with Crippen molar-refractivity contribution in [2.24, 2.45) is 0 Å². The molecule has 0 aliphatic carbocycles. The first kappa shape index (κ1) is 14.9. The summed E-state index contributed by atoms with van der Waals surface area (Å²) in [5, 5.41) is 3.16. The predicted octanol–water partition coefficient (Wildman–Crippen LogP) is 2.19. The van der Waals surface area contributed by atoms with Crippen LogP contribution < -0.4 is 11.1 Å². The van der Waals surface area contributed by atoms with Crippen LogP contribution >= 0.6 is 0 Å². The summed E-state index contributed by atoms with van der Waals surface area (Å²) in [6, 6.07) is 5.16. The summed E-state index contributed by atoms with van der Waals surface area (Å²) in [6.07, 6.45) is 0. The highest BCUT2D eigenvalue weighted by atomic mass is 16.4. The molecule has 6 heteroatoms. The minimum absolute atomic E-state index is 0.0859. The molecule has 2 rings (SSSR count). The van der Waals surface area contributed by atoms with Crippen LogP contribution in [0.2, 0.25) is 0 Å². The maximum atomic E-state index is 12.2. The maximum Gasteiger partial charge on any atom is 0.255 e. The van der Waals surface area contributed by atoms with E-state index in [1.165, 1.54) is 4.90 Å². The summed E-state index contributed by atoms with van der Waals surface area (Å²) in [5.41, 5.74) is 8.48. The number of carbonyl (C=O) groups is 1. The summed E-state index contributed by atoms with van der Waals surface area (Å²) in [7, 11) is 3.42. The summed E-state index contributed by atoms with van der Waals surface area (Å²) >= 11 is 0. The number of nitrogen functional groups attached to an aromatic ring is 1. The molecule has 0 atom stereocenters. The van der Waals surface area contributed by atoms with E-state index in [1.54, 1.807) is 32.3 Å². The molecule has 0 unspecified atom stereocenters. The van der Waals surface area contributed by atoms with Crippen LogP contribution in [0.1, 0.15) is 27.7 Å². The summed E-state index contributed by atoms with van der Waals surface area (Å²) in [6.45, 7) is 4.16. The average molecular weight is 288 g/mol. The van der Waals surface area contributed by atoms with Crippen molar-refractivity contribution in [3.63, 3.8) is 0 Å². The van der Waals surface area contributed by atoms with Gasteiger partial charge in [0.1, 0.15) is 5.76 Å². The quantitative estimate of drug-likeness (QED) is 0.842. The van der Waals surface area contributed by atoms with Crippen LogP contribution in [0.5, 0.6) is 0 Å². The number of hydrogen-bond donors (Lipinski definition) is 2. The third kappa shape index (κ3) is 3.34. The lowest BCUT2D eigenvalue weighted by molar-refractivity contribution is 0.0828. The highest BCUT2D eigenvalue weighted by molar-refractivity contribution is 5.99. The molecule has 1 heterocycles. The molecule has 0 radical (unpaired) electrons. The molecular formula is C15H20N4O2. The van der Waals surface area contributed by atoms with Gasteiger partial charge in [0, 0.05) is 25.5 Å². The molecule has 21 heavy (non-hydrogen) atoms. The zero-order valence-electron chi connectivity index (χ0n) is 12.7. The lowest BCUT2D eigenvalue weighted by Crippen LogP contribution is -2.23. The first-order valence-electron chi connectivity index (χ1n) is 6.66. The second-order valence-corrected chi connectivity index (χ2v) is 5.11. The fourth-order valence-corrected chi connectivity index (χ4v) is 1.92. The Morgan fingerprint density at radius 2 is 2.10 bits per heavy atom. The van der Waals surface area contributed by atoms with Gasteiger partial charge in [-0.1, -0.05) is 0 Å². The van der Waals surface area contributed by atoms with Crippen LogP contribution in [0.3, 0.4) is 0 Å². The van der Waals surface area contributed by atoms with E-state index < -0.39 is 0 Å². The number of rotatable bonds is 4. The predicted molar refractivity (Wildman–Crippen MR) is 82.2 cm³/mol. The van der Waals surface area contributed by atoms with Crippen LogP contribution in [0, 0.1) is 13.8 Å². The van der Waals surface area contributed by atoms with Crippen molar-refractivity contribution < 1.29 is 9.21 Å². The Balaban J connectivity index is 2.22. The standard InChI is InChI=1S/C15H20N4O2/c1-9-10(2)21-14(18-9)8-17-13-7-11(16)5-6-12(13)15(20)19(3)4/h5-7,17H,8,16H2,1-4H3. The molecule has 6 nitrogen and oxygen atoms in total. The van der Waals surface area contributed by atoms with Crippen molar-refractivity contribution in [1.82, 2.24) is 9.88 Å². The second kappa shape index (κ2) is 5.87. The van der Waals surface area contributed by atoms with Crippen molar-refractivity contribution in [2.75, 3.05) is 25.1 Å². The SMILES string of the molecule is Cc1nc(CNc2cc(N)ccc2C(=O)N(C)C)oc1C. The van der Waals surface area contributed by atoms with Gasteiger partial charge >= 0.3 is 0 Å². The van der Waals surface area contributed by atoms with Gasteiger partial charge in [0.15, 0.2) is 0 Å². The number of benzene rings is 1. The normalized spacial score (nSPS) is 10.5. The Bertz CT molecular complexity index is 642. The van der Waals surface area contributed by atoms with E-state index in [0.717, 1.165) is 11.5 Å². The molecule has 0 bridgehead atoms. The van der Waals surface area contributed by atoms with Crippen molar-refractivity contribution in [3.8, 4) is 0 Å². The lowest BCUT2D eigenvalue weighted by atomic mass is 10.1. The van der Waals surface area contributed by atoms with Crippen molar-refractivity contribution in [3.05, 3.63) is 41.1 Å². The van der Waals surface area contributed by atoms with Crippen molar-refractivity contribution >= 4 is 17.3 Å². The summed E-state index contributed by atoms with van der Waals surface area (Å²) in [5.74, 6) is 1.29. The van der Waals surface area contributed by atoms with E-state index in [1.807, 2.05) is 13.8 Å². The number of nitrogens with two attached hydrogens (primary N) is 1. The molecule has 0 fully saturated rings. The van der Waals surface area contributed by atoms with E-state index in [0.29, 0.717) is 29.4 Å². The minimum Gasteiger partial charge on any atom is -0.444 e. The van der Waals surface area contributed by atoms with Crippen LogP contribution in [-0.2, 0) is 6.54 Å². The van der Waals surface area contributed by atoms with Crippen LogP contribution in [0.4, 0.5) is 11.4 Å². The zero-order chi connectivity index (χ0) is 15.6. The number of anilines is 2. The fraction of sp³-hybridized carbons (Fsp3) is 0.333. The Morgan fingerprint density at radius 1 is 1.38 bits per heavy atom. The largest absolute Gasteiger partial charge is 0.444 e. The van der Waals surface area contributed by atoms with Crippen molar-refractivity contribution in [2.45, 2.75) is 20.4 Å². The molecule has 3 N–H and O–H groups in total. The Morgan fingerprint density at radius 3 is 2.67 bits per heavy atom.